The zero-order chi connectivity index (χ0) is 14.4. The van der Waals surface area contributed by atoms with Crippen LogP contribution in [0, 0.1) is 0 Å². The van der Waals surface area contributed by atoms with Gasteiger partial charge in [0.25, 0.3) is 0 Å². The number of aromatic nitrogens is 2. The smallest absolute Gasteiger partial charge is 0.223 e. The molecule has 20 heavy (non-hydrogen) atoms. The Morgan fingerprint density at radius 3 is 2.75 bits per heavy atom. The van der Waals surface area contributed by atoms with E-state index < -0.39 is 5.91 Å². The van der Waals surface area contributed by atoms with E-state index in [1.165, 1.54) is 30.9 Å². The van der Waals surface area contributed by atoms with E-state index in [4.69, 9.17) is 10.6 Å². The van der Waals surface area contributed by atoms with Crippen molar-refractivity contribution in [2.75, 3.05) is 0 Å². The second-order valence-corrected chi connectivity index (χ2v) is 3.90. The molecule has 0 saturated heterocycles. The Kier molecular flexibility index (Phi) is 4.23. The number of benzene rings is 1. The van der Waals surface area contributed by atoms with Gasteiger partial charge < -0.3 is 15.7 Å². The van der Waals surface area contributed by atoms with Crippen LogP contribution in [-0.2, 0) is 4.79 Å². The molecule has 2 aromatic rings. The van der Waals surface area contributed by atoms with Crippen LogP contribution in [0.1, 0.15) is 12.0 Å². The van der Waals surface area contributed by atoms with E-state index in [1.807, 2.05) is 0 Å². The number of amides is 1. The lowest BCUT2D eigenvalue weighted by molar-refractivity contribution is -0.116. The molecule has 0 radical (unpaired) electrons. The summed E-state index contributed by atoms with van der Waals surface area (Å²) >= 11 is 0. The summed E-state index contributed by atoms with van der Waals surface area (Å²) in [6.45, 7) is 0. The maximum atomic E-state index is 11.1. The van der Waals surface area contributed by atoms with Crippen LogP contribution in [0.25, 0.3) is 0 Å². The second-order valence-electron chi connectivity index (χ2n) is 3.90. The largest absolute Gasteiger partial charge is 0.508 e. The number of aromatic hydroxyl groups is 1. The number of oxime groups is 1. The zero-order valence-corrected chi connectivity index (χ0v) is 10.4. The Balaban J connectivity index is 2.22. The summed E-state index contributed by atoms with van der Waals surface area (Å²) in [5, 5.41) is 13.2. The molecule has 0 aliphatic rings. The number of rotatable bonds is 5. The Bertz CT molecular complexity index is 629. The van der Waals surface area contributed by atoms with E-state index in [9.17, 15) is 9.90 Å². The van der Waals surface area contributed by atoms with Crippen LogP contribution in [-0.4, -0.2) is 26.7 Å². The Labute approximate surface area is 114 Å². The summed E-state index contributed by atoms with van der Waals surface area (Å²) < 4.78 is 0. The maximum Gasteiger partial charge on any atom is 0.223 e. The molecule has 0 saturated carbocycles. The molecule has 0 unspecified atom stereocenters. The Morgan fingerprint density at radius 2 is 2.10 bits per heavy atom. The van der Waals surface area contributed by atoms with Gasteiger partial charge in [-0.2, -0.15) is 0 Å². The van der Waals surface area contributed by atoms with Gasteiger partial charge in [-0.05, 0) is 12.1 Å². The highest BCUT2D eigenvalue weighted by Gasteiger charge is 2.09. The van der Waals surface area contributed by atoms with Crippen LogP contribution in [0.4, 0.5) is 0 Å². The van der Waals surface area contributed by atoms with Crippen molar-refractivity contribution in [3.8, 4) is 11.5 Å². The molecule has 7 nitrogen and oxygen atoms in total. The summed E-state index contributed by atoms with van der Waals surface area (Å²) in [6, 6.07) is 6.13. The summed E-state index contributed by atoms with van der Waals surface area (Å²) in [5.41, 5.74) is 6.01. The average molecular weight is 272 g/mol. The minimum Gasteiger partial charge on any atom is -0.508 e. The monoisotopic (exact) mass is 272 g/mol. The van der Waals surface area contributed by atoms with Crippen LogP contribution in [0.15, 0.2) is 48.1 Å². The molecule has 0 bridgehead atoms. The fourth-order valence-corrected chi connectivity index (χ4v) is 1.45. The normalized spacial score (nSPS) is 11.1. The number of carbonyl (C=O) groups is 1. The highest BCUT2D eigenvalue weighted by atomic mass is 16.6. The Hall–Kier alpha value is -2.96. The highest BCUT2D eigenvalue weighted by molar-refractivity contribution is 6.09. The first-order chi connectivity index (χ1) is 9.65. The van der Waals surface area contributed by atoms with Crippen LogP contribution in [0.3, 0.4) is 0 Å². The standard InChI is InChI=1S/C13H12N4O3/c14-13(19)5-12(9-6-15-8-16-7-9)17-20-11-3-1-2-10(18)4-11/h1-4,6-8,18H,5H2,(H2,14,19)/b17-12+. The van der Waals surface area contributed by atoms with E-state index in [1.54, 1.807) is 12.1 Å². The molecular formula is C13H12N4O3. The molecule has 2 rings (SSSR count). The number of hydrogen-bond donors (Lipinski definition) is 2. The first-order valence-electron chi connectivity index (χ1n) is 5.72. The minimum atomic E-state index is -0.549. The van der Waals surface area contributed by atoms with Gasteiger partial charge in [0.1, 0.15) is 12.1 Å². The first-order valence-corrected chi connectivity index (χ1v) is 5.72. The summed E-state index contributed by atoms with van der Waals surface area (Å²) in [5.74, 6) is -0.159. The molecule has 0 spiro atoms. The molecule has 102 valence electrons. The summed E-state index contributed by atoms with van der Waals surface area (Å²) in [7, 11) is 0. The lowest BCUT2D eigenvalue weighted by Gasteiger charge is -2.04. The van der Waals surface area contributed by atoms with Gasteiger partial charge in [0.05, 0.1) is 12.1 Å². The number of nitrogens with two attached hydrogens (primary N) is 1. The van der Waals surface area contributed by atoms with Crippen LogP contribution in [0.2, 0.25) is 0 Å². The molecule has 0 aliphatic carbocycles. The molecule has 1 amide bonds. The zero-order valence-electron chi connectivity index (χ0n) is 10.4. The van der Waals surface area contributed by atoms with E-state index in [2.05, 4.69) is 15.1 Å². The SMILES string of the molecule is NC(=O)C/C(=N\Oc1cccc(O)c1)c1cncnc1. The number of phenols is 1. The average Bonchev–Trinajstić information content (AvgIpc) is 2.44. The Morgan fingerprint density at radius 1 is 1.35 bits per heavy atom. The molecule has 3 N–H and O–H groups in total. The topological polar surface area (TPSA) is 111 Å². The van der Waals surface area contributed by atoms with Gasteiger partial charge in [0.15, 0.2) is 5.75 Å². The quantitative estimate of drug-likeness (QED) is 0.619. The van der Waals surface area contributed by atoms with Crippen molar-refractivity contribution in [3.63, 3.8) is 0 Å². The fraction of sp³-hybridized carbons (Fsp3) is 0.0769. The highest BCUT2D eigenvalue weighted by Crippen LogP contribution is 2.18. The van der Waals surface area contributed by atoms with Crippen LogP contribution in [0.5, 0.6) is 11.5 Å². The fourth-order valence-electron chi connectivity index (χ4n) is 1.45. The van der Waals surface area contributed by atoms with Gasteiger partial charge in [-0.25, -0.2) is 9.97 Å². The van der Waals surface area contributed by atoms with Gasteiger partial charge in [-0.15, -0.1) is 0 Å². The third-order valence-electron chi connectivity index (χ3n) is 2.31. The lowest BCUT2D eigenvalue weighted by atomic mass is 10.1. The molecule has 1 aromatic heterocycles. The third-order valence-corrected chi connectivity index (χ3v) is 2.31. The van der Waals surface area contributed by atoms with E-state index in [0.29, 0.717) is 17.0 Å². The van der Waals surface area contributed by atoms with Crippen molar-refractivity contribution in [1.29, 1.82) is 0 Å². The van der Waals surface area contributed by atoms with Crippen LogP contribution >= 0.6 is 0 Å². The van der Waals surface area contributed by atoms with E-state index in [0.717, 1.165) is 0 Å². The number of carbonyl (C=O) groups excluding carboxylic acids is 1. The molecule has 0 aliphatic heterocycles. The number of hydrogen-bond acceptors (Lipinski definition) is 6. The summed E-state index contributed by atoms with van der Waals surface area (Å²) in [4.78, 5) is 23.9. The summed E-state index contributed by atoms with van der Waals surface area (Å²) in [6.07, 6.45) is 4.26. The van der Waals surface area contributed by atoms with Gasteiger partial charge in [-0.1, -0.05) is 11.2 Å². The number of primary amides is 1. The number of nitrogens with zero attached hydrogens (tertiary/aromatic N) is 3. The second kappa shape index (κ2) is 6.28. The molecule has 0 atom stereocenters. The van der Waals surface area contributed by atoms with E-state index in [-0.39, 0.29) is 12.2 Å². The van der Waals surface area contributed by atoms with Crippen molar-refractivity contribution in [2.24, 2.45) is 10.9 Å². The lowest BCUT2D eigenvalue weighted by Crippen LogP contribution is -2.18. The molecule has 1 aromatic carbocycles. The van der Waals surface area contributed by atoms with Crippen molar-refractivity contribution in [1.82, 2.24) is 9.97 Å². The van der Waals surface area contributed by atoms with Crippen molar-refractivity contribution in [3.05, 3.63) is 48.5 Å². The van der Waals surface area contributed by atoms with Crippen molar-refractivity contribution < 1.29 is 14.7 Å². The minimum absolute atomic E-state index is 0.0530. The van der Waals surface area contributed by atoms with Gasteiger partial charge in [0, 0.05) is 24.0 Å². The van der Waals surface area contributed by atoms with Gasteiger partial charge >= 0.3 is 0 Å². The molecule has 0 fully saturated rings. The predicted molar refractivity (Wildman–Crippen MR) is 71.1 cm³/mol. The maximum absolute atomic E-state index is 11.1. The van der Waals surface area contributed by atoms with Crippen LogP contribution < -0.4 is 10.6 Å². The molecular weight excluding hydrogens is 260 g/mol. The van der Waals surface area contributed by atoms with Crippen molar-refractivity contribution in [2.45, 2.75) is 6.42 Å². The van der Waals surface area contributed by atoms with Crippen molar-refractivity contribution >= 4 is 11.6 Å². The number of phenolic OH excluding ortho intramolecular Hbond substituents is 1. The van der Waals surface area contributed by atoms with Gasteiger partial charge in [0.2, 0.25) is 5.91 Å². The van der Waals surface area contributed by atoms with E-state index >= 15 is 0 Å². The molecule has 1 heterocycles. The van der Waals surface area contributed by atoms with Gasteiger partial charge in [-0.3, -0.25) is 4.79 Å². The first kappa shape index (κ1) is 13.5. The molecule has 7 heteroatoms. The predicted octanol–water partition coefficient (Wildman–Crippen LogP) is 0.841. The third kappa shape index (κ3) is 3.77.